The molecule has 1 fully saturated rings. The number of methoxy groups -OCH3 is 1. The molecule has 7 heteroatoms. The number of hydrogen-bond acceptors (Lipinski definition) is 4. The van der Waals surface area contributed by atoms with Crippen molar-refractivity contribution in [3.05, 3.63) is 18.2 Å². The number of amides is 3. The first-order valence-corrected chi connectivity index (χ1v) is 7.52. The Bertz CT molecular complexity index is 628. The lowest BCUT2D eigenvalue weighted by Crippen LogP contribution is -2.39. The molecule has 2 rings (SSSR count). The Morgan fingerprint density at radius 1 is 1.26 bits per heavy atom. The first-order valence-electron chi connectivity index (χ1n) is 7.52. The fourth-order valence-corrected chi connectivity index (χ4v) is 2.40. The zero-order valence-electron chi connectivity index (χ0n) is 13.5. The Hall–Kier alpha value is -2.57. The third kappa shape index (κ3) is 4.00. The van der Waals surface area contributed by atoms with E-state index in [2.05, 4.69) is 10.6 Å². The van der Waals surface area contributed by atoms with Crippen molar-refractivity contribution in [3.63, 3.8) is 0 Å². The topological polar surface area (TPSA) is 87.7 Å². The van der Waals surface area contributed by atoms with Crippen LogP contribution in [0.4, 0.5) is 11.4 Å². The monoisotopic (exact) mass is 319 g/mol. The minimum Gasteiger partial charge on any atom is -0.495 e. The lowest BCUT2D eigenvalue weighted by Gasteiger charge is -2.20. The maximum absolute atomic E-state index is 11.9. The summed E-state index contributed by atoms with van der Waals surface area (Å²) in [6.07, 6.45) is 1.28. The number of carbonyl (C=O) groups excluding carboxylic acids is 3. The van der Waals surface area contributed by atoms with Gasteiger partial charge >= 0.3 is 11.8 Å². The molecule has 1 heterocycles. The number of anilines is 2. The highest BCUT2D eigenvalue weighted by molar-refractivity contribution is 6.39. The number of rotatable bonds is 4. The Morgan fingerprint density at radius 3 is 2.57 bits per heavy atom. The first-order chi connectivity index (χ1) is 10.9. The third-order valence-corrected chi connectivity index (χ3v) is 3.43. The highest BCUT2D eigenvalue weighted by atomic mass is 16.5. The van der Waals surface area contributed by atoms with E-state index in [4.69, 9.17) is 4.74 Å². The largest absolute Gasteiger partial charge is 0.495 e. The molecular weight excluding hydrogens is 298 g/mol. The Morgan fingerprint density at radius 2 is 2.00 bits per heavy atom. The molecule has 0 spiro atoms. The van der Waals surface area contributed by atoms with Crippen LogP contribution in [0.2, 0.25) is 0 Å². The van der Waals surface area contributed by atoms with Crippen molar-refractivity contribution in [2.75, 3.05) is 23.9 Å². The van der Waals surface area contributed by atoms with Gasteiger partial charge in [-0.3, -0.25) is 14.4 Å². The summed E-state index contributed by atoms with van der Waals surface area (Å²) in [5.74, 6) is -0.883. The summed E-state index contributed by atoms with van der Waals surface area (Å²) in [5, 5.41) is 5.05. The summed E-state index contributed by atoms with van der Waals surface area (Å²) in [7, 11) is 1.52. The van der Waals surface area contributed by atoms with E-state index in [0.717, 1.165) is 6.42 Å². The van der Waals surface area contributed by atoms with Gasteiger partial charge in [-0.15, -0.1) is 0 Å². The number of ether oxygens (including phenoxy) is 1. The standard InChI is InChI=1S/C16H21N3O4/c1-10(2)17-15(21)16(22)18-11-6-7-13(23-3)12(9-11)19-8-4-5-14(19)20/h6-7,9-10H,4-5,8H2,1-3H3,(H,17,21)(H,18,22). The van der Waals surface area contributed by atoms with Crippen LogP contribution in [0.3, 0.4) is 0 Å². The van der Waals surface area contributed by atoms with Crippen LogP contribution >= 0.6 is 0 Å². The zero-order chi connectivity index (χ0) is 17.0. The predicted octanol–water partition coefficient (Wildman–Crippen LogP) is 1.29. The molecule has 1 aromatic rings. The number of carbonyl (C=O) groups is 3. The van der Waals surface area contributed by atoms with Crippen LogP contribution in [0.25, 0.3) is 0 Å². The van der Waals surface area contributed by atoms with E-state index in [1.807, 2.05) is 0 Å². The molecule has 0 radical (unpaired) electrons. The summed E-state index contributed by atoms with van der Waals surface area (Å²) in [5.41, 5.74) is 1.03. The molecule has 1 aliphatic heterocycles. The third-order valence-electron chi connectivity index (χ3n) is 3.43. The molecule has 0 unspecified atom stereocenters. The van der Waals surface area contributed by atoms with Crippen molar-refractivity contribution in [1.82, 2.24) is 5.32 Å². The summed E-state index contributed by atoms with van der Waals surface area (Å²) in [4.78, 5) is 37.1. The first kappa shape index (κ1) is 16.8. The molecule has 0 saturated carbocycles. The molecule has 0 aromatic heterocycles. The minimum absolute atomic E-state index is 0.0179. The van der Waals surface area contributed by atoms with Crippen LogP contribution in [-0.4, -0.2) is 37.4 Å². The SMILES string of the molecule is COc1ccc(NC(=O)C(=O)NC(C)C)cc1N1CCCC1=O. The van der Waals surface area contributed by atoms with E-state index < -0.39 is 11.8 Å². The molecule has 3 amide bonds. The summed E-state index contributed by atoms with van der Waals surface area (Å²) in [6.45, 7) is 4.16. The van der Waals surface area contributed by atoms with Crippen LogP contribution < -0.4 is 20.3 Å². The van der Waals surface area contributed by atoms with Gasteiger partial charge in [-0.05, 0) is 38.5 Å². The van der Waals surface area contributed by atoms with E-state index >= 15 is 0 Å². The van der Waals surface area contributed by atoms with Crippen molar-refractivity contribution in [3.8, 4) is 5.75 Å². The van der Waals surface area contributed by atoms with Gasteiger partial charge in [-0.25, -0.2) is 0 Å². The van der Waals surface area contributed by atoms with Gasteiger partial charge in [0, 0.05) is 24.7 Å². The van der Waals surface area contributed by atoms with Crippen molar-refractivity contribution >= 4 is 29.1 Å². The van der Waals surface area contributed by atoms with Crippen molar-refractivity contribution < 1.29 is 19.1 Å². The molecule has 7 nitrogen and oxygen atoms in total. The van der Waals surface area contributed by atoms with E-state index in [1.165, 1.54) is 7.11 Å². The van der Waals surface area contributed by atoms with Gasteiger partial charge in [-0.1, -0.05) is 0 Å². The number of nitrogens with zero attached hydrogens (tertiary/aromatic N) is 1. The van der Waals surface area contributed by atoms with Crippen LogP contribution in [0, 0.1) is 0 Å². The van der Waals surface area contributed by atoms with Crippen molar-refractivity contribution in [2.45, 2.75) is 32.7 Å². The Balaban J connectivity index is 2.19. The van der Waals surface area contributed by atoms with Crippen LogP contribution in [-0.2, 0) is 14.4 Å². The van der Waals surface area contributed by atoms with Gasteiger partial charge in [0.25, 0.3) is 0 Å². The number of hydrogen-bond donors (Lipinski definition) is 2. The van der Waals surface area contributed by atoms with Gasteiger partial charge in [0.15, 0.2) is 0 Å². The van der Waals surface area contributed by atoms with Crippen LogP contribution in [0.15, 0.2) is 18.2 Å². The second kappa shape index (κ2) is 7.13. The second-order valence-corrected chi connectivity index (χ2v) is 5.62. The lowest BCUT2D eigenvalue weighted by molar-refractivity contribution is -0.136. The Kier molecular flexibility index (Phi) is 5.20. The van der Waals surface area contributed by atoms with Gasteiger partial charge < -0.3 is 20.3 Å². The maximum Gasteiger partial charge on any atom is 0.313 e. The highest BCUT2D eigenvalue weighted by Gasteiger charge is 2.25. The smallest absolute Gasteiger partial charge is 0.313 e. The minimum atomic E-state index is -0.748. The van der Waals surface area contributed by atoms with Crippen LogP contribution in [0.1, 0.15) is 26.7 Å². The van der Waals surface area contributed by atoms with E-state index in [-0.39, 0.29) is 11.9 Å². The zero-order valence-corrected chi connectivity index (χ0v) is 13.5. The molecule has 124 valence electrons. The van der Waals surface area contributed by atoms with Gasteiger partial charge in [0.2, 0.25) is 5.91 Å². The molecule has 0 aliphatic carbocycles. The predicted molar refractivity (Wildman–Crippen MR) is 86.5 cm³/mol. The highest BCUT2D eigenvalue weighted by Crippen LogP contribution is 2.33. The van der Waals surface area contributed by atoms with Crippen LogP contribution in [0.5, 0.6) is 5.75 Å². The molecule has 0 atom stereocenters. The Labute approximate surface area is 135 Å². The second-order valence-electron chi connectivity index (χ2n) is 5.62. The van der Waals surface area contributed by atoms with Gasteiger partial charge in [0.1, 0.15) is 5.75 Å². The van der Waals surface area contributed by atoms with Crippen molar-refractivity contribution in [2.24, 2.45) is 0 Å². The average Bonchev–Trinajstić information content (AvgIpc) is 2.92. The molecule has 2 N–H and O–H groups in total. The number of nitrogens with one attached hydrogen (secondary N) is 2. The average molecular weight is 319 g/mol. The fraction of sp³-hybridized carbons (Fsp3) is 0.438. The molecule has 0 bridgehead atoms. The van der Waals surface area contributed by atoms with Gasteiger partial charge in [0.05, 0.1) is 12.8 Å². The summed E-state index contributed by atoms with van der Waals surface area (Å²) >= 11 is 0. The van der Waals surface area contributed by atoms with Crippen molar-refractivity contribution in [1.29, 1.82) is 0 Å². The maximum atomic E-state index is 11.9. The van der Waals surface area contributed by atoms with Gasteiger partial charge in [-0.2, -0.15) is 0 Å². The normalized spacial score (nSPS) is 14.1. The lowest BCUT2D eigenvalue weighted by atomic mass is 10.2. The van der Waals surface area contributed by atoms with E-state index in [9.17, 15) is 14.4 Å². The molecular formula is C16H21N3O4. The number of benzene rings is 1. The molecule has 1 aromatic carbocycles. The molecule has 1 saturated heterocycles. The van der Waals surface area contributed by atoms with E-state index in [1.54, 1.807) is 36.9 Å². The summed E-state index contributed by atoms with van der Waals surface area (Å²) in [6, 6.07) is 4.81. The quantitative estimate of drug-likeness (QED) is 0.819. The fourth-order valence-electron chi connectivity index (χ4n) is 2.40. The molecule has 1 aliphatic rings. The van der Waals surface area contributed by atoms with E-state index in [0.29, 0.717) is 30.1 Å². The molecule has 23 heavy (non-hydrogen) atoms. The summed E-state index contributed by atoms with van der Waals surface area (Å²) < 4.78 is 5.28.